The van der Waals surface area contributed by atoms with E-state index >= 15 is 0 Å². The predicted octanol–water partition coefficient (Wildman–Crippen LogP) is 3.30. The largest absolute Gasteiger partial charge is 0.393 e. The van der Waals surface area contributed by atoms with E-state index in [2.05, 4.69) is 5.32 Å². The van der Waals surface area contributed by atoms with Gasteiger partial charge in [0.15, 0.2) is 0 Å². The molecule has 170 valence electrons. The molecule has 2 aliphatic heterocycles. The highest BCUT2D eigenvalue weighted by atomic mass is 19.1. The number of alkyl halides is 1. The Morgan fingerprint density at radius 2 is 1.97 bits per heavy atom. The zero-order valence-electron chi connectivity index (χ0n) is 17.8. The van der Waals surface area contributed by atoms with Gasteiger partial charge >= 0.3 is 6.03 Å². The van der Waals surface area contributed by atoms with Crippen LogP contribution in [0.2, 0.25) is 0 Å². The number of halogens is 3. The maximum absolute atomic E-state index is 14.5. The Labute approximate surface area is 185 Å². The molecular weight excluding hydrogens is 419 g/mol. The van der Waals surface area contributed by atoms with Crippen LogP contribution < -0.4 is 5.32 Å². The van der Waals surface area contributed by atoms with Gasteiger partial charge in [0.05, 0.1) is 6.61 Å². The van der Waals surface area contributed by atoms with E-state index in [1.54, 1.807) is 37.4 Å². The summed E-state index contributed by atoms with van der Waals surface area (Å²) in [5.41, 5.74) is -0.148. The molecule has 4 rings (SSSR count). The van der Waals surface area contributed by atoms with E-state index < -0.39 is 36.5 Å². The summed E-state index contributed by atoms with van der Waals surface area (Å²) in [5.74, 6) is -1.20. The molecule has 0 radical (unpaired) electrons. The standard InChI is InChI=1S/C24H26F3N3O2/c1-29-14-19(10-20(29)12-25)28-23(32)30-13-16(21-9-18(26)7-8-22(21)27)11-24(30,15-31)17-5-3-2-4-6-17/h2-9,11,19-20,31H,10,12-15H2,1H3,(H,28,32)/t19-,20-,24+/m0/s1. The van der Waals surface area contributed by atoms with E-state index in [0.717, 1.165) is 18.2 Å². The fourth-order valence-electron chi connectivity index (χ4n) is 4.69. The average Bonchev–Trinajstić information content (AvgIpc) is 3.36. The summed E-state index contributed by atoms with van der Waals surface area (Å²) in [7, 11) is 1.81. The van der Waals surface area contributed by atoms with Crippen molar-refractivity contribution in [2.45, 2.75) is 24.0 Å². The van der Waals surface area contributed by atoms with Gasteiger partial charge in [-0.15, -0.1) is 0 Å². The molecule has 2 aromatic carbocycles. The first kappa shape index (κ1) is 22.4. The average molecular weight is 445 g/mol. The van der Waals surface area contributed by atoms with E-state index in [-0.39, 0.29) is 24.2 Å². The Hall–Kier alpha value is -2.84. The molecule has 0 spiro atoms. The number of carbonyl (C=O) groups excluding carboxylic acids is 1. The van der Waals surface area contributed by atoms with Gasteiger partial charge < -0.3 is 15.3 Å². The number of aliphatic hydroxyl groups excluding tert-OH is 1. The van der Waals surface area contributed by atoms with Crippen LogP contribution in [0.3, 0.4) is 0 Å². The number of urea groups is 1. The SMILES string of the molecule is CN1C[C@@H](NC(=O)N2CC(c3cc(F)ccc3F)=C[C@@]2(CO)c2ccccc2)C[C@H]1CF. The van der Waals surface area contributed by atoms with E-state index in [0.29, 0.717) is 24.1 Å². The molecule has 0 saturated carbocycles. The highest BCUT2D eigenvalue weighted by Crippen LogP contribution is 2.40. The van der Waals surface area contributed by atoms with Crippen molar-refractivity contribution in [2.75, 3.05) is 33.4 Å². The van der Waals surface area contributed by atoms with E-state index in [1.165, 1.54) is 4.90 Å². The summed E-state index contributed by atoms with van der Waals surface area (Å²) in [5, 5.41) is 13.4. The van der Waals surface area contributed by atoms with Crippen LogP contribution in [-0.4, -0.2) is 66.4 Å². The van der Waals surface area contributed by atoms with Crippen LogP contribution in [0, 0.1) is 11.6 Å². The summed E-state index contributed by atoms with van der Waals surface area (Å²) in [4.78, 5) is 16.7. The fraction of sp³-hybridized carbons (Fsp3) is 0.375. The highest BCUT2D eigenvalue weighted by Gasteiger charge is 2.45. The maximum Gasteiger partial charge on any atom is 0.319 e. The third-order valence-corrected chi connectivity index (χ3v) is 6.45. The summed E-state index contributed by atoms with van der Waals surface area (Å²) in [6.45, 7) is -0.453. The minimum absolute atomic E-state index is 0.0171. The first-order valence-electron chi connectivity index (χ1n) is 10.6. The molecule has 0 aromatic heterocycles. The third-order valence-electron chi connectivity index (χ3n) is 6.45. The number of hydrogen-bond donors (Lipinski definition) is 2. The number of aliphatic hydroxyl groups is 1. The van der Waals surface area contributed by atoms with Crippen molar-refractivity contribution in [3.05, 3.63) is 77.4 Å². The van der Waals surface area contributed by atoms with Crippen LogP contribution in [-0.2, 0) is 5.54 Å². The van der Waals surface area contributed by atoms with Gasteiger partial charge in [-0.2, -0.15) is 0 Å². The van der Waals surface area contributed by atoms with Crippen LogP contribution in [0.1, 0.15) is 17.5 Å². The van der Waals surface area contributed by atoms with Gasteiger partial charge in [-0.25, -0.2) is 18.0 Å². The van der Waals surface area contributed by atoms with Gasteiger partial charge in [-0.3, -0.25) is 4.90 Å². The number of carbonyl (C=O) groups is 1. The van der Waals surface area contributed by atoms with Crippen molar-refractivity contribution >= 4 is 11.6 Å². The van der Waals surface area contributed by atoms with Crippen molar-refractivity contribution in [3.8, 4) is 0 Å². The molecule has 8 heteroatoms. The quantitative estimate of drug-likeness (QED) is 0.743. The number of nitrogens with zero attached hydrogens (tertiary/aromatic N) is 2. The van der Waals surface area contributed by atoms with Crippen molar-refractivity contribution in [3.63, 3.8) is 0 Å². The lowest BCUT2D eigenvalue weighted by Crippen LogP contribution is -2.54. The van der Waals surface area contributed by atoms with Crippen LogP contribution in [0.4, 0.5) is 18.0 Å². The molecule has 0 unspecified atom stereocenters. The molecule has 32 heavy (non-hydrogen) atoms. The third kappa shape index (κ3) is 4.00. The topological polar surface area (TPSA) is 55.8 Å². The lowest BCUT2D eigenvalue weighted by atomic mass is 9.89. The van der Waals surface area contributed by atoms with E-state index in [4.69, 9.17) is 0 Å². The Kier molecular flexibility index (Phi) is 6.26. The van der Waals surface area contributed by atoms with Gasteiger partial charge in [0.25, 0.3) is 0 Å². The molecule has 2 N–H and O–H groups in total. The number of amides is 2. The highest BCUT2D eigenvalue weighted by molar-refractivity contribution is 5.83. The molecule has 0 aliphatic carbocycles. The Morgan fingerprint density at radius 3 is 2.62 bits per heavy atom. The van der Waals surface area contributed by atoms with Crippen LogP contribution in [0.15, 0.2) is 54.6 Å². The monoisotopic (exact) mass is 445 g/mol. The van der Waals surface area contributed by atoms with Crippen molar-refractivity contribution in [2.24, 2.45) is 0 Å². The molecule has 1 saturated heterocycles. The zero-order chi connectivity index (χ0) is 22.9. The Balaban J connectivity index is 1.69. The number of nitrogens with one attached hydrogen (secondary N) is 1. The van der Waals surface area contributed by atoms with Gasteiger partial charge in [0.1, 0.15) is 23.8 Å². The summed E-state index contributed by atoms with van der Waals surface area (Å²) in [6.07, 6.45) is 2.10. The Morgan fingerprint density at radius 1 is 1.22 bits per heavy atom. The first-order chi connectivity index (χ1) is 15.4. The number of likely N-dealkylation sites (tertiary alicyclic amines) is 1. The summed E-state index contributed by atoms with van der Waals surface area (Å²) < 4.78 is 41.6. The number of hydrogen-bond acceptors (Lipinski definition) is 3. The molecule has 2 aliphatic rings. The van der Waals surface area contributed by atoms with Crippen molar-refractivity contribution in [1.29, 1.82) is 0 Å². The normalized spacial score (nSPS) is 25.8. The van der Waals surface area contributed by atoms with Crippen LogP contribution in [0.25, 0.3) is 5.57 Å². The van der Waals surface area contributed by atoms with Gasteiger partial charge in [0, 0.05) is 30.7 Å². The molecule has 2 aromatic rings. The number of benzene rings is 2. The maximum atomic E-state index is 14.5. The second-order valence-corrected chi connectivity index (χ2v) is 8.46. The second kappa shape index (κ2) is 8.96. The van der Waals surface area contributed by atoms with Gasteiger partial charge in [0.2, 0.25) is 0 Å². The first-order valence-corrected chi connectivity index (χ1v) is 10.6. The molecule has 3 atom stereocenters. The van der Waals surface area contributed by atoms with Crippen LogP contribution >= 0.6 is 0 Å². The van der Waals surface area contributed by atoms with Gasteiger partial charge in [-0.1, -0.05) is 30.3 Å². The van der Waals surface area contributed by atoms with E-state index in [1.807, 2.05) is 11.0 Å². The predicted molar refractivity (Wildman–Crippen MR) is 116 cm³/mol. The molecule has 2 amide bonds. The summed E-state index contributed by atoms with van der Waals surface area (Å²) >= 11 is 0. The van der Waals surface area contributed by atoms with Gasteiger partial charge in [-0.05, 0) is 48.9 Å². The second-order valence-electron chi connectivity index (χ2n) is 8.46. The lowest BCUT2D eigenvalue weighted by Gasteiger charge is -2.37. The molecule has 2 heterocycles. The molecule has 5 nitrogen and oxygen atoms in total. The Bertz CT molecular complexity index is 1020. The molecular formula is C24H26F3N3O2. The summed E-state index contributed by atoms with van der Waals surface area (Å²) in [6, 6.07) is 11.1. The zero-order valence-corrected chi connectivity index (χ0v) is 17.8. The smallest absolute Gasteiger partial charge is 0.319 e. The van der Waals surface area contributed by atoms with Crippen molar-refractivity contribution in [1.82, 2.24) is 15.1 Å². The molecule has 0 bridgehead atoms. The number of rotatable bonds is 5. The fourth-order valence-corrected chi connectivity index (χ4v) is 4.69. The van der Waals surface area contributed by atoms with Crippen molar-refractivity contribution < 1.29 is 23.1 Å². The lowest BCUT2D eigenvalue weighted by molar-refractivity contribution is 0.102. The van der Waals surface area contributed by atoms with Crippen LogP contribution in [0.5, 0.6) is 0 Å². The van der Waals surface area contributed by atoms with E-state index in [9.17, 15) is 23.1 Å². The minimum atomic E-state index is -1.25. The molecule has 1 fully saturated rings. The number of likely N-dealkylation sites (N-methyl/N-ethyl adjacent to an activating group) is 1. The minimum Gasteiger partial charge on any atom is -0.393 e.